The van der Waals surface area contributed by atoms with Gasteiger partial charge in [0.1, 0.15) is 6.33 Å². The molecule has 2 aromatic heterocycles. The molecule has 0 unspecified atom stereocenters. The molecule has 0 saturated carbocycles. The van der Waals surface area contributed by atoms with Crippen molar-refractivity contribution < 1.29 is 0 Å². The highest BCUT2D eigenvalue weighted by Gasteiger charge is 2.12. The van der Waals surface area contributed by atoms with Crippen molar-refractivity contribution >= 4 is 11.3 Å². The molecule has 0 amide bonds. The van der Waals surface area contributed by atoms with E-state index in [9.17, 15) is 0 Å². The monoisotopic (exact) mass is 207 g/mol. The van der Waals surface area contributed by atoms with Gasteiger partial charge in [-0.15, -0.1) is 21.5 Å². The number of hydrogen-bond donors (Lipinski definition) is 0. The van der Waals surface area contributed by atoms with E-state index in [0.717, 1.165) is 5.82 Å². The molecule has 0 fully saturated rings. The molecule has 14 heavy (non-hydrogen) atoms. The minimum Gasteiger partial charge on any atom is -0.310 e. The standard InChI is InChI=1S/C10H13N3S/c1-7(2)13-6-11-12-10(13)9-8(3)4-5-14-9/h4-7H,1-3H3. The van der Waals surface area contributed by atoms with Crippen LogP contribution >= 0.6 is 11.3 Å². The van der Waals surface area contributed by atoms with E-state index in [1.54, 1.807) is 17.7 Å². The Balaban J connectivity index is 2.52. The molecule has 0 saturated heterocycles. The van der Waals surface area contributed by atoms with Gasteiger partial charge in [-0.05, 0) is 37.8 Å². The molecule has 2 aromatic rings. The van der Waals surface area contributed by atoms with Crippen LogP contribution in [0.25, 0.3) is 10.7 Å². The lowest BCUT2D eigenvalue weighted by atomic mass is 10.2. The van der Waals surface area contributed by atoms with Gasteiger partial charge in [0.05, 0.1) is 4.88 Å². The van der Waals surface area contributed by atoms with Gasteiger partial charge in [0.15, 0.2) is 5.82 Å². The quantitative estimate of drug-likeness (QED) is 0.758. The molecule has 0 N–H and O–H groups in total. The van der Waals surface area contributed by atoms with Gasteiger partial charge >= 0.3 is 0 Å². The lowest BCUT2D eigenvalue weighted by Crippen LogP contribution is -2.01. The normalized spacial score (nSPS) is 11.1. The van der Waals surface area contributed by atoms with Crippen LogP contribution in [-0.2, 0) is 0 Å². The van der Waals surface area contributed by atoms with E-state index in [4.69, 9.17) is 0 Å². The van der Waals surface area contributed by atoms with E-state index in [1.165, 1.54) is 10.4 Å². The Morgan fingerprint density at radius 1 is 1.43 bits per heavy atom. The molecule has 0 aliphatic rings. The van der Waals surface area contributed by atoms with E-state index in [2.05, 4.69) is 47.0 Å². The molecule has 0 bridgehead atoms. The summed E-state index contributed by atoms with van der Waals surface area (Å²) in [5, 5.41) is 10.2. The highest BCUT2D eigenvalue weighted by Crippen LogP contribution is 2.28. The first kappa shape index (κ1) is 9.40. The van der Waals surface area contributed by atoms with E-state index in [-0.39, 0.29) is 0 Å². The van der Waals surface area contributed by atoms with Crippen molar-refractivity contribution in [2.45, 2.75) is 26.8 Å². The third-order valence-corrected chi connectivity index (χ3v) is 3.21. The number of nitrogens with zero attached hydrogens (tertiary/aromatic N) is 3. The van der Waals surface area contributed by atoms with Gasteiger partial charge in [-0.2, -0.15) is 0 Å². The van der Waals surface area contributed by atoms with Crippen LogP contribution in [0.5, 0.6) is 0 Å². The molecule has 2 heterocycles. The molecule has 74 valence electrons. The summed E-state index contributed by atoms with van der Waals surface area (Å²) in [4.78, 5) is 1.22. The summed E-state index contributed by atoms with van der Waals surface area (Å²) in [5.74, 6) is 0.979. The van der Waals surface area contributed by atoms with Crippen LogP contribution in [-0.4, -0.2) is 14.8 Å². The first-order valence-electron chi connectivity index (χ1n) is 4.64. The minimum atomic E-state index is 0.404. The SMILES string of the molecule is Cc1ccsc1-c1nncn1C(C)C. The molecule has 2 rings (SSSR count). The zero-order valence-corrected chi connectivity index (χ0v) is 9.38. The Labute approximate surface area is 87.4 Å². The van der Waals surface area contributed by atoms with Crippen LogP contribution < -0.4 is 0 Å². The summed E-state index contributed by atoms with van der Waals surface area (Å²) in [7, 11) is 0. The second-order valence-electron chi connectivity index (χ2n) is 3.59. The number of aromatic nitrogens is 3. The minimum absolute atomic E-state index is 0.404. The Bertz CT molecular complexity index is 428. The van der Waals surface area contributed by atoms with Gasteiger partial charge in [-0.1, -0.05) is 0 Å². The maximum Gasteiger partial charge on any atom is 0.174 e. The first-order chi connectivity index (χ1) is 6.70. The van der Waals surface area contributed by atoms with Crippen LogP contribution in [0.15, 0.2) is 17.8 Å². The number of rotatable bonds is 2. The van der Waals surface area contributed by atoms with Crippen molar-refractivity contribution in [3.05, 3.63) is 23.3 Å². The van der Waals surface area contributed by atoms with E-state index >= 15 is 0 Å². The number of aryl methyl sites for hydroxylation is 1. The average Bonchev–Trinajstić information content (AvgIpc) is 2.70. The second-order valence-corrected chi connectivity index (χ2v) is 4.50. The largest absolute Gasteiger partial charge is 0.310 e. The van der Waals surface area contributed by atoms with Crippen molar-refractivity contribution in [2.75, 3.05) is 0 Å². The highest BCUT2D eigenvalue weighted by atomic mass is 32.1. The van der Waals surface area contributed by atoms with Crippen LogP contribution in [0.2, 0.25) is 0 Å². The third-order valence-electron chi connectivity index (χ3n) is 2.19. The van der Waals surface area contributed by atoms with Crippen molar-refractivity contribution in [1.29, 1.82) is 0 Å². The van der Waals surface area contributed by atoms with Crippen molar-refractivity contribution in [1.82, 2.24) is 14.8 Å². The maximum absolute atomic E-state index is 4.16. The molecule has 0 aromatic carbocycles. The fraction of sp³-hybridized carbons (Fsp3) is 0.400. The summed E-state index contributed by atoms with van der Waals surface area (Å²) < 4.78 is 2.10. The molecule has 0 radical (unpaired) electrons. The average molecular weight is 207 g/mol. The Morgan fingerprint density at radius 2 is 2.21 bits per heavy atom. The maximum atomic E-state index is 4.16. The van der Waals surface area contributed by atoms with Crippen molar-refractivity contribution in [2.24, 2.45) is 0 Å². The predicted octanol–water partition coefficient (Wildman–Crippen LogP) is 2.90. The van der Waals surface area contributed by atoms with Gasteiger partial charge in [-0.25, -0.2) is 0 Å². The summed E-state index contributed by atoms with van der Waals surface area (Å²) in [5.41, 5.74) is 1.27. The molecule has 0 aliphatic heterocycles. The van der Waals surface area contributed by atoms with E-state index in [0.29, 0.717) is 6.04 Å². The summed E-state index contributed by atoms with van der Waals surface area (Å²) >= 11 is 1.72. The summed E-state index contributed by atoms with van der Waals surface area (Å²) in [6.45, 7) is 6.37. The van der Waals surface area contributed by atoms with Gasteiger partial charge in [0, 0.05) is 6.04 Å². The van der Waals surface area contributed by atoms with Crippen LogP contribution in [0.4, 0.5) is 0 Å². The fourth-order valence-corrected chi connectivity index (χ4v) is 2.30. The lowest BCUT2D eigenvalue weighted by Gasteiger charge is -2.08. The third kappa shape index (κ3) is 1.46. The van der Waals surface area contributed by atoms with Crippen LogP contribution in [0.3, 0.4) is 0 Å². The zero-order chi connectivity index (χ0) is 10.1. The molecular formula is C10H13N3S. The Hall–Kier alpha value is -1.16. The van der Waals surface area contributed by atoms with Crippen LogP contribution in [0, 0.1) is 6.92 Å². The Kier molecular flexibility index (Phi) is 2.37. The topological polar surface area (TPSA) is 30.7 Å². The van der Waals surface area contributed by atoms with E-state index < -0.39 is 0 Å². The lowest BCUT2D eigenvalue weighted by molar-refractivity contribution is 0.604. The van der Waals surface area contributed by atoms with Gasteiger partial charge in [0.25, 0.3) is 0 Å². The molecule has 0 atom stereocenters. The second kappa shape index (κ2) is 3.53. The predicted molar refractivity (Wildman–Crippen MR) is 58.5 cm³/mol. The molecule has 0 spiro atoms. The van der Waals surface area contributed by atoms with Gasteiger partial charge < -0.3 is 4.57 Å². The van der Waals surface area contributed by atoms with E-state index in [1.807, 2.05) is 0 Å². The first-order valence-corrected chi connectivity index (χ1v) is 5.52. The van der Waals surface area contributed by atoms with Crippen molar-refractivity contribution in [3.8, 4) is 10.7 Å². The smallest absolute Gasteiger partial charge is 0.174 e. The molecule has 4 heteroatoms. The highest BCUT2D eigenvalue weighted by molar-refractivity contribution is 7.13. The van der Waals surface area contributed by atoms with Crippen LogP contribution in [0.1, 0.15) is 25.5 Å². The summed E-state index contributed by atoms with van der Waals surface area (Å²) in [6, 6.07) is 2.51. The molecular weight excluding hydrogens is 194 g/mol. The van der Waals surface area contributed by atoms with Crippen molar-refractivity contribution in [3.63, 3.8) is 0 Å². The Morgan fingerprint density at radius 3 is 2.79 bits per heavy atom. The number of hydrogen-bond acceptors (Lipinski definition) is 3. The van der Waals surface area contributed by atoms with Gasteiger partial charge in [0.2, 0.25) is 0 Å². The summed E-state index contributed by atoms with van der Waals surface area (Å²) in [6.07, 6.45) is 1.79. The van der Waals surface area contributed by atoms with Gasteiger partial charge in [-0.3, -0.25) is 0 Å². The zero-order valence-electron chi connectivity index (χ0n) is 8.56. The molecule has 0 aliphatic carbocycles. The molecule has 3 nitrogen and oxygen atoms in total. The fourth-order valence-electron chi connectivity index (χ4n) is 1.38. The number of thiophene rings is 1.